The highest BCUT2D eigenvalue weighted by Crippen LogP contribution is 2.42. The summed E-state index contributed by atoms with van der Waals surface area (Å²) in [7, 11) is 0. The Balaban J connectivity index is 2.07. The zero-order chi connectivity index (χ0) is 13.4. The summed E-state index contributed by atoms with van der Waals surface area (Å²) < 4.78 is 5.24. The molecule has 18 heavy (non-hydrogen) atoms. The third kappa shape index (κ3) is 3.10. The first-order valence-corrected chi connectivity index (χ1v) is 6.85. The zero-order valence-electron chi connectivity index (χ0n) is 11.9. The van der Waals surface area contributed by atoms with E-state index in [-0.39, 0.29) is 11.3 Å². The van der Waals surface area contributed by atoms with Crippen molar-refractivity contribution in [2.75, 3.05) is 0 Å². The molecule has 0 aliphatic heterocycles. The molecule has 0 unspecified atom stereocenters. The third-order valence-electron chi connectivity index (χ3n) is 3.78. The second-order valence-corrected chi connectivity index (χ2v) is 6.80. The van der Waals surface area contributed by atoms with E-state index < -0.39 is 5.60 Å². The number of hydrogen-bond donors (Lipinski definition) is 1. The van der Waals surface area contributed by atoms with Gasteiger partial charge in [0.1, 0.15) is 0 Å². The summed E-state index contributed by atoms with van der Waals surface area (Å²) in [6.07, 6.45) is 4.36. The summed E-state index contributed by atoms with van der Waals surface area (Å²) >= 11 is 0. The van der Waals surface area contributed by atoms with Crippen molar-refractivity contribution in [1.82, 2.24) is 10.1 Å². The van der Waals surface area contributed by atoms with Gasteiger partial charge in [0.15, 0.2) is 5.82 Å². The van der Waals surface area contributed by atoms with Gasteiger partial charge >= 0.3 is 0 Å². The molecule has 1 aromatic heterocycles. The van der Waals surface area contributed by atoms with E-state index in [0.29, 0.717) is 12.3 Å². The first-order valence-electron chi connectivity index (χ1n) is 6.85. The van der Waals surface area contributed by atoms with Crippen molar-refractivity contribution in [2.45, 2.75) is 71.3 Å². The van der Waals surface area contributed by atoms with Crippen molar-refractivity contribution in [2.24, 2.45) is 5.41 Å². The third-order valence-corrected chi connectivity index (χ3v) is 3.78. The van der Waals surface area contributed by atoms with Gasteiger partial charge in [-0.2, -0.15) is 4.98 Å². The van der Waals surface area contributed by atoms with E-state index in [4.69, 9.17) is 4.52 Å². The van der Waals surface area contributed by atoms with E-state index in [0.717, 1.165) is 25.1 Å². The van der Waals surface area contributed by atoms with Gasteiger partial charge in [-0.3, -0.25) is 0 Å². The molecule has 1 heterocycles. The Hall–Kier alpha value is -0.900. The highest BCUT2D eigenvalue weighted by Gasteiger charge is 2.39. The maximum atomic E-state index is 10.7. The van der Waals surface area contributed by atoms with Crippen LogP contribution in [0.15, 0.2) is 4.52 Å². The van der Waals surface area contributed by atoms with Gasteiger partial charge in [0, 0.05) is 5.92 Å². The molecule has 4 nitrogen and oxygen atoms in total. The molecule has 0 bridgehead atoms. The van der Waals surface area contributed by atoms with Crippen molar-refractivity contribution in [3.63, 3.8) is 0 Å². The highest BCUT2D eigenvalue weighted by molar-refractivity contribution is 4.99. The Morgan fingerprint density at radius 3 is 2.61 bits per heavy atom. The van der Waals surface area contributed by atoms with Crippen LogP contribution in [0.2, 0.25) is 0 Å². The molecule has 0 amide bonds. The van der Waals surface area contributed by atoms with E-state index in [1.54, 1.807) is 0 Å². The van der Waals surface area contributed by atoms with Gasteiger partial charge in [-0.05, 0) is 24.7 Å². The Labute approximate surface area is 109 Å². The number of rotatable bonds is 3. The Morgan fingerprint density at radius 2 is 2.06 bits per heavy atom. The van der Waals surface area contributed by atoms with Gasteiger partial charge in [-0.15, -0.1) is 0 Å². The Kier molecular flexibility index (Phi) is 3.49. The largest absolute Gasteiger partial charge is 0.389 e. The molecular weight excluding hydrogens is 228 g/mol. The predicted octanol–water partition coefficient (Wildman–Crippen LogP) is 3.07. The van der Waals surface area contributed by atoms with Crippen LogP contribution in [0, 0.1) is 5.41 Å². The monoisotopic (exact) mass is 252 g/mol. The highest BCUT2D eigenvalue weighted by atomic mass is 16.5. The molecule has 1 fully saturated rings. The molecule has 1 aliphatic rings. The molecule has 1 N–H and O–H groups in total. The minimum absolute atomic E-state index is 0.202. The van der Waals surface area contributed by atoms with Crippen molar-refractivity contribution in [3.05, 3.63) is 11.7 Å². The molecule has 2 rings (SSSR count). The van der Waals surface area contributed by atoms with E-state index in [1.165, 1.54) is 6.42 Å². The summed E-state index contributed by atoms with van der Waals surface area (Å²) in [5, 5.41) is 14.6. The Morgan fingerprint density at radius 1 is 1.33 bits per heavy atom. The number of nitrogens with zero attached hydrogens (tertiary/aromatic N) is 2. The molecule has 102 valence electrons. The maximum absolute atomic E-state index is 10.7. The summed E-state index contributed by atoms with van der Waals surface area (Å²) in [4.78, 5) is 4.36. The maximum Gasteiger partial charge on any atom is 0.229 e. The number of aliphatic hydroxyl groups is 1. The topological polar surface area (TPSA) is 59.2 Å². The van der Waals surface area contributed by atoms with Gasteiger partial charge in [0.05, 0.1) is 12.0 Å². The molecular formula is C14H24N2O2. The van der Waals surface area contributed by atoms with Crippen molar-refractivity contribution in [1.29, 1.82) is 0 Å². The minimum atomic E-state index is -0.678. The quantitative estimate of drug-likeness (QED) is 0.898. The lowest BCUT2D eigenvalue weighted by Crippen LogP contribution is -2.40. The molecule has 0 aromatic carbocycles. The fourth-order valence-corrected chi connectivity index (χ4v) is 2.97. The van der Waals surface area contributed by atoms with Gasteiger partial charge in [0.2, 0.25) is 5.89 Å². The van der Waals surface area contributed by atoms with Gasteiger partial charge < -0.3 is 9.63 Å². The molecule has 0 radical (unpaired) electrons. The second-order valence-electron chi connectivity index (χ2n) is 6.80. The van der Waals surface area contributed by atoms with Gasteiger partial charge in [-0.1, -0.05) is 39.3 Å². The Bertz CT molecular complexity index is 412. The van der Waals surface area contributed by atoms with Crippen molar-refractivity contribution in [3.8, 4) is 0 Å². The average Bonchev–Trinajstić information content (AvgIpc) is 2.63. The molecule has 1 atom stereocenters. The van der Waals surface area contributed by atoms with Crippen LogP contribution in [-0.4, -0.2) is 20.8 Å². The lowest BCUT2D eigenvalue weighted by atomic mass is 9.69. The summed E-state index contributed by atoms with van der Waals surface area (Å²) in [5.41, 5.74) is -0.476. The summed E-state index contributed by atoms with van der Waals surface area (Å²) in [5.74, 6) is 1.56. The van der Waals surface area contributed by atoms with Crippen LogP contribution in [-0.2, 0) is 6.42 Å². The minimum Gasteiger partial charge on any atom is -0.389 e. The normalized spacial score (nSPS) is 27.7. The fraction of sp³-hybridized carbons (Fsp3) is 0.857. The van der Waals surface area contributed by atoms with Crippen LogP contribution in [0.5, 0.6) is 0 Å². The van der Waals surface area contributed by atoms with E-state index in [2.05, 4.69) is 24.0 Å². The molecule has 0 spiro atoms. The fourth-order valence-electron chi connectivity index (χ4n) is 2.97. The number of aromatic nitrogens is 2. The smallest absolute Gasteiger partial charge is 0.229 e. The standard InChI is InChI=1S/C14H24N2O2/c1-10(2)12-15-11(18-16-12)8-14(17)7-5-6-13(3,4)9-14/h10,17H,5-9H2,1-4H3/t14-/m0/s1. The molecule has 4 heteroatoms. The summed E-state index contributed by atoms with van der Waals surface area (Å²) in [6, 6.07) is 0. The zero-order valence-corrected chi connectivity index (χ0v) is 11.9. The van der Waals surface area contributed by atoms with Crippen LogP contribution in [0.25, 0.3) is 0 Å². The van der Waals surface area contributed by atoms with Crippen molar-refractivity contribution < 1.29 is 9.63 Å². The van der Waals surface area contributed by atoms with E-state index in [1.807, 2.05) is 13.8 Å². The van der Waals surface area contributed by atoms with Crippen LogP contribution in [0.1, 0.15) is 71.0 Å². The van der Waals surface area contributed by atoms with Gasteiger partial charge in [-0.25, -0.2) is 0 Å². The van der Waals surface area contributed by atoms with Crippen LogP contribution >= 0.6 is 0 Å². The first kappa shape index (κ1) is 13.5. The van der Waals surface area contributed by atoms with E-state index >= 15 is 0 Å². The van der Waals surface area contributed by atoms with Crippen molar-refractivity contribution >= 4 is 0 Å². The summed E-state index contributed by atoms with van der Waals surface area (Å²) in [6.45, 7) is 8.50. The molecule has 1 aliphatic carbocycles. The van der Waals surface area contributed by atoms with Crippen LogP contribution < -0.4 is 0 Å². The van der Waals surface area contributed by atoms with Gasteiger partial charge in [0.25, 0.3) is 0 Å². The van der Waals surface area contributed by atoms with E-state index in [9.17, 15) is 5.11 Å². The molecule has 1 aromatic rings. The molecule has 0 saturated heterocycles. The van der Waals surface area contributed by atoms with Crippen LogP contribution in [0.3, 0.4) is 0 Å². The van der Waals surface area contributed by atoms with Crippen LogP contribution in [0.4, 0.5) is 0 Å². The molecule has 1 saturated carbocycles. The number of hydrogen-bond acceptors (Lipinski definition) is 4. The predicted molar refractivity (Wildman–Crippen MR) is 69.3 cm³/mol. The SMILES string of the molecule is CC(C)c1noc(C[C@@]2(O)CCCC(C)(C)C2)n1. The average molecular weight is 252 g/mol. The first-order chi connectivity index (χ1) is 8.30. The second kappa shape index (κ2) is 4.65. The lowest BCUT2D eigenvalue weighted by molar-refractivity contribution is -0.0429. The lowest BCUT2D eigenvalue weighted by Gasteiger charge is -2.40.